The Hall–Kier alpha value is -2.22. The Labute approximate surface area is 121 Å². The summed E-state index contributed by atoms with van der Waals surface area (Å²) in [6.07, 6.45) is 3.03. The van der Waals surface area contributed by atoms with E-state index in [0.717, 1.165) is 12.8 Å². The van der Waals surface area contributed by atoms with E-state index in [1.165, 1.54) is 18.3 Å². The number of likely N-dealkylation sites (N-methyl/N-ethyl adjacent to an activating group) is 1. The molecule has 0 atom stereocenters. The van der Waals surface area contributed by atoms with Gasteiger partial charge in [-0.05, 0) is 25.5 Å². The molecule has 8 heteroatoms. The largest absolute Gasteiger partial charge is 0.480 e. The van der Waals surface area contributed by atoms with Crippen LogP contribution in [-0.4, -0.2) is 51.1 Å². The van der Waals surface area contributed by atoms with Gasteiger partial charge < -0.3 is 10.4 Å². The van der Waals surface area contributed by atoms with Crippen LogP contribution in [0.4, 0.5) is 11.5 Å². The summed E-state index contributed by atoms with van der Waals surface area (Å²) in [5.74, 6) is -0.569. The van der Waals surface area contributed by atoms with Crippen LogP contribution in [0.15, 0.2) is 18.3 Å². The maximum absolute atomic E-state index is 10.9. The Morgan fingerprint density at radius 2 is 2.33 bits per heavy atom. The fraction of sp³-hybridized carbons (Fsp3) is 0.538. The molecule has 1 aliphatic rings. The van der Waals surface area contributed by atoms with Gasteiger partial charge in [-0.1, -0.05) is 6.92 Å². The fourth-order valence-electron chi connectivity index (χ4n) is 2.53. The highest BCUT2D eigenvalue weighted by Gasteiger charge is 2.34. The van der Waals surface area contributed by atoms with Gasteiger partial charge in [-0.3, -0.25) is 19.8 Å². The number of carbonyl (C=O) groups is 1. The topological polar surface area (TPSA) is 109 Å². The molecule has 2 N–H and O–H groups in total. The summed E-state index contributed by atoms with van der Waals surface area (Å²) < 4.78 is 0. The van der Waals surface area contributed by atoms with E-state index in [1.54, 1.807) is 0 Å². The molecule has 1 aliphatic carbocycles. The van der Waals surface area contributed by atoms with E-state index in [1.807, 2.05) is 11.8 Å². The van der Waals surface area contributed by atoms with Crippen molar-refractivity contribution < 1.29 is 14.8 Å². The third kappa shape index (κ3) is 3.66. The highest BCUT2D eigenvalue weighted by atomic mass is 16.6. The molecule has 0 amide bonds. The van der Waals surface area contributed by atoms with Crippen LogP contribution in [0, 0.1) is 10.1 Å². The van der Waals surface area contributed by atoms with Gasteiger partial charge in [-0.15, -0.1) is 0 Å². The molecule has 1 fully saturated rings. The SMILES string of the molecule is CCN(CC(=O)O)C1CC(Nc2ncccc2[N+](=O)[O-])C1. The van der Waals surface area contributed by atoms with Gasteiger partial charge in [-0.2, -0.15) is 0 Å². The molecule has 1 aromatic heterocycles. The third-order valence-corrected chi connectivity index (χ3v) is 3.70. The number of pyridine rings is 1. The van der Waals surface area contributed by atoms with Crippen LogP contribution in [0.25, 0.3) is 0 Å². The predicted molar refractivity (Wildman–Crippen MR) is 76.2 cm³/mol. The van der Waals surface area contributed by atoms with Crippen LogP contribution < -0.4 is 5.32 Å². The van der Waals surface area contributed by atoms with E-state index in [4.69, 9.17) is 5.11 Å². The molecular weight excluding hydrogens is 276 g/mol. The summed E-state index contributed by atoms with van der Waals surface area (Å²) >= 11 is 0. The normalized spacial score (nSPS) is 20.9. The minimum absolute atomic E-state index is 0.0254. The van der Waals surface area contributed by atoms with E-state index in [2.05, 4.69) is 10.3 Å². The molecule has 2 rings (SSSR count). The van der Waals surface area contributed by atoms with Gasteiger partial charge >= 0.3 is 11.7 Å². The number of nitrogens with zero attached hydrogens (tertiary/aromatic N) is 3. The Balaban J connectivity index is 1.91. The maximum Gasteiger partial charge on any atom is 0.317 e. The second-order valence-electron chi connectivity index (χ2n) is 5.05. The zero-order valence-electron chi connectivity index (χ0n) is 11.7. The molecule has 114 valence electrons. The van der Waals surface area contributed by atoms with Gasteiger partial charge in [0.15, 0.2) is 0 Å². The summed E-state index contributed by atoms with van der Waals surface area (Å²) in [6, 6.07) is 3.23. The van der Waals surface area contributed by atoms with Gasteiger partial charge in [0, 0.05) is 24.3 Å². The Kier molecular flexibility index (Phi) is 4.69. The lowest BCUT2D eigenvalue weighted by Gasteiger charge is -2.42. The zero-order chi connectivity index (χ0) is 15.4. The van der Waals surface area contributed by atoms with E-state index in [9.17, 15) is 14.9 Å². The first-order chi connectivity index (χ1) is 10.0. The monoisotopic (exact) mass is 294 g/mol. The Morgan fingerprint density at radius 1 is 1.62 bits per heavy atom. The molecule has 0 spiro atoms. The summed E-state index contributed by atoms with van der Waals surface area (Å²) in [7, 11) is 0. The number of carboxylic acids is 1. The molecule has 0 aromatic carbocycles. The maximum atomic E-state index is 10.9. The molecule has 1 aromatic rings. The number of hydrogen-bond donors (Lipinski definition) is 2. The lowest BCUT2D eigenvalue weighted by molar-refractivity contribution is -0.384. The molecule has 1 saturated carbocycles. The number of rotatable bonds is 7. The summed E-state index contributed by atoms with van der Waals surface area (Å²) in [5, 5.41) is 22.8. The highest BCUT2D eigenvalue weighted by Crippen LogP contribution is 2.30. The van der Waals surface area contributed by atoms with Crippen molar-refractivity contribution in [1.82, 2.24) is 9.88 Å². The first kappa shape index (κ1) is 15.2. The molecular formula is C13H18N4O4. The number of nitrogens with one attached hydrogen (secondary N) is 1. The van der Waals surface area contributed by atoms with Gasteiger partial charge in [0.1, 0.15) is 0 Å². The van der Waals surface area contributed by atoms with Gasteiger partial charge in [-0.25, -0.2) is 4.98 Å². The van der Waals surface area contributed by atoms with Crippen molar-refractivity contribution in [2.75, 3.05) is 18.4 Å². The first-order valence-corrected chi connectivity index (χ1v) is 6.83. The van der Waals surface area contributed by atoms with Crippen LogP contribution in [0.2, 0.25) is 0 Å². The van der Waals surface area contributed by atoms with Crippen LogP contribution in [-0.2, 0) is 4.79 Å². The van der Waals surface area contributed by atoms with Crippen molar-refractivity contribution in [1.29, 1.82) is 0 Å². The van der Waals surface area contributed by atoms with E-state index < -0.39 is 10.9 Å². The smallest absolute Gasteiger partial charge is 0.317 e. The average Bonchev–Trinajstić information content (AvgIpc) is 2.40. The molecule has 21 heavy (non-hydrogen) atoms. The molecule has 8 nitrogen and oxygen atoms in total. The molecule has 0 saturated heterocycles. The molecule has 0 unspecified atom stereocenters. The lowest BCUT2D eigenvalue weighted by Crippen LogP contribution is -2.51. The van der Waals surface area contributed by atoms with Gasteiger partial charge in [0.05, 0.1) is 11.5 Å². The highest BCUT2D eigenvalue weighted by molar-refractivity contribution is 5.69. The molecule has 0 radical (unpaired) electrons. The van der Waals surface area contributed by atoms with Crippen LogP contribution >= 0.6 is 0 Å². The van der Waals surface area contributed by atoms with Crippen molar-refractivity contribution in [2.45, 2.75) is 31.8 Å². The minimum Gasteiger partial charge on any atom is -0.480 e. The van der Waals surface area contributed by atoms with Crippen molar-refractivity contribution in [3.05, 3.63) is 28.4 Å². The Bertz CT molecular complexity index is 531. The van der Waals surface area contributed by atoms with E-state index in [0.29, 0.717) is 6.54 Å². The summed E-state index contributed by atoms with van der Waals surface area (Å²) in [4.78, 5) is 27.1. The number of aliphatic carboxylic acids is 1. The van der Waals surface area contributed by atoms with Crippen molar-refractivity contribution >= 4 is 17.5 Å². The molecule has 0 aliphatic heterocycles. The van der Waals surface area contributed by atoms with E-state index >= 15 is 0 Å². The third-order valence-electron chi connectivity index (χ3n) is 3.70. The summed E-state index contributed by atoms with van der Waals surface area (Å²) in [5.41, 5.74) is -0.0427. The predicted octanol–water partition coefficient (Wildman–Crippen LogP) is 1.34. The Morgan fingerprint density at radius 3 is 2.90 bits per heavy atom. The standard InChI is InChI=1S/C13H18N4O4/c1-2-16(8-12(18)19)10-6-9(7-10)15-13-11(17(20)21)4-3-5-14-13/h3-5,9-10H,2,6-8H2,1H3,(H,14,15)(H,18,19). The van der Waals surface area contributed by atoms with Gasteiger partial charge in [0.2, 0.25) is 5.82 Å². The van der Waals surface area contributed by atoms with Crippen molar-refractivity contribution in [3.63, 3.8) is 0 Å². The molecule has 0 bridgehead atoms. The average molecular weight is 294 g/mol. The summed E-state index contributed by atoms with van der Waals surface area (Å²) in [6.45, 7) is 2.62. The first-order valence-electron chi connectivity index (χ1n) is 6.83. The number of aromatic nitrogens is 1. The second kappa shape index (κ2) is 6.49. The number of carboxylic acid groups (broad SMARTS) is 1. The number of anilines is 1. The van der Waals surface area contributed by atoms with Crippen molar-refractivity contribution in [2.24, 2.45) is 0 Å². The quantitative estimate of drug-likeness (QED) is 0.577. The van der Waals surface area contributed by atoms with Crippen molar-refractivity contribution in [3.8, 4) is 0 Å². The van der Waals surface area contributed by atoms with Crippen LogP contribution in [0.5, 0.6) is 0 Å². The minimum atomic E-state index is -0.839. The number of hydrogen-bond acceptors (Lipinski definition) is 6. The van der Waals surface area contributed by atoms with E-state index in [-0.39, 0.29) is 30.1 Å². The van der Waals surface area contributed by atoms with Gasteiger partial charge in [0.25, 0.3) is 0 Å². The lowest BCUT2D eigenvalue weighted by atomic mass is 9.85. The number of nitro groups is 1. The second-order valence-corrected chi connectivity index (χ2v) is 5.05. The van der Waals surface area contributed by atoms with Crippen LogP contribution in [0.1, 0.15) is 19.8 Å². The molecule has 1 heterocycles. The van der Waals surface area contributed by atoms with Crippen LogP contribution in [0.3, 0.4) is 0 Å². The zero-order valence-corrected chi connectivity index (χ0v) is 11.7. The fourth-order valence-corrected chi connectivity index (χ4v) is 2.53.